The molecule has 136 valence electrons. The van der Waals surface area contributed by atoms with E-state index in [1.807, 2.05) is 30.3 Å². The molecule has 8 heteroatoms. The Labute approximate surface area is 150 Å². The fraction of sp³-hybridized carbons (Fsp3) is 0.278. The van der Waals surface area contributed by atoms with Crippen molar-refractivity contribution in [2.24, 2.45) is 5.73 Å². The molecule has 0 saturated heterocycles. The van der Waals surface area contributed by atoms with Crippen LogP contribution in [0.2, 0.25) is 0 Å². The van der Waals surface area contributed by atoms with E-state index in [-0.39, 0.29) is 35.4 Å². The Morgan fingerprint density at radius 1 is 1.23 bits per heavy atom. The monoisotopic (exact) mass is 357 g/mol. The van der Waals surface area contributed by atoms with Crippen molar-refractivity contribution in [1.82, 2.24) is 9.97 Å². The highest BCUT2D eigenvalue weighted by Crippen LogP contribution is 2.34. The first-order chi connectivity index (χ1) is 12.6. The molecule has 26 heavy (non-hydrogen) atoms. The van der Waals surface area contributed by atoms with Gasteiger partial charge in [0.25, 0.3) is 0 Å². The lowest BCUT2D eigenvalue weighted by molar-refractivity contribution is -0.0243. The normalized spacial score (nSPS) is 16.0. The number of hydrogen-bond acceptors (Lipinski definition) is 8. The first kappa shape index (κ1) is 17.5. The van der Waals surface area contributed by atoms with Crippen LogP contribution in [0.25, 0.3) is 5.76 Å². The van der Waals surface area contributed by atoms with Crippen molar-refractivity contribution in [1.29, 1.82) is 0 Å². The molecule has 2 N–H and O–H groups in total. The number of hydrogen-bond donors (Lipinski definition) is 1. The first-order valence-corrected chi connectivity index (χ1v) is 8.07. The van der Waals surface area contributed by atoms with E-state index in [1.165, 1.54) is 13.4 Å². The quantitative estimate of drug-likeness (QED) is 0.781. The highest BCUT2D eigenvalue weighted by atomic mass is 16.7. The van der Waals surface area contributed by atoms with E-state index < -0.39 is 12.3 Å². The molecule has 0 spiro atoms. The summed E-state index contributed by atoms with van der Waals surface area (Å²) in [5.74, 6) is -0.228. The summed E-state index contributed by atoms with van der Waals surface area (Å²) in [6.45, 7) is 1.92. The summed E-state index contributed by atoms with van der Waals surface area (Å²) in [5.41, 5.74) is 7.23. The van der Waals surface area contributed by atoms with Crippen molar-refractivity contribution in [3.8, 4) is 5.75 Å². The zero-order valence-electron chi connectivity index (χ0n) is 14.5. The van der Waals surface area contributed by atoms with E-state index in [2.05, 4.69) is 9.97 Å². The van der Waals surface area contributed by atoms with Crippen LogP contribution < -0.4 is 10.5 Å². The van der Waals surface area contributed by atoms with Gasteiger partial charge < -0.3 is 24.7 Å². The molecule has 3 rings (SSSR count). The molecule has 0 amide bonds. The van der Waals surface area contributed by atoms with Crippen molar-refractivity contribution < 1.29 is 23.7 Å². The first-order valence-electron chi connectivity index (χ1n) is 8.07. The smallest absolute Gasteiger partial charge is 0.360 e. The van der Waals surface area contributed by atoms with Crippen molar-refractivity contribution in [3.05, 3.63) is 59.5 Å². The van der Waals surface area contributed by atoms with Crippen molar-refractivity contribution in [2.75, 3.05) is 13.7 Å². The summed E-state index contributed by atoms with van der Waals surface area (Å²) >= 11 is 0. The van der Waals surface area contributed by atoms with Crippen LogP contribution in [0.3, 0.4) is 0 Å². The van der Waals surface area contributed by atoms with Crippen molar-refractivity contribution >= 4 is 11.7 Å². The van der Waals surface area contributed by atoms with Gasteiger partial charge in [-0.1, -0.05) is 30.3 Å². The Hall–Kier alpha value is -3.29. The predicted octanol–water partition coefficient (Wildman–Crippen LogP) is 1.86. The third-order valence-electron chi connectivity index (χ3n) is 3.67. The number of nitrogens with two attached hydrogens (primary N) is 1. The van der Waals surface area contributed by atoms with Gasteiger partial charge >= 0.3 is 5.97 Å². The molecule has 2 aromatic rings. The molecular formula is C18H19N3O5. The highest BCUT2D eigenvalue weighted by molar-refractivity contribution is 5.91. The zero-order chi connectivity index (χ0) is 18.5. The van der Waals surface area contributed by atoms with Gasteiger partial charge in [-0.25, -0.2) is 14.8 Å². The van der Waals surface area contributed by atoms with Crippen molar-refractivity contribution in [3.63, 3.8) is 0 Å². The van der Waals surface area contributed by atoms with E-state index in [4.69, 9.17) is 24.7 Å². The van der Waals surface area contributed by atoms with Crippen LogP contribution in [0.4, 0.5) is 0 Å². The lowest BCUT2D eigenvalue weighted by atomic mass is 10.1. The molecule has 8 nitrogen and oxygen atoms in total. The Morgan fingerprint density at radius 2 is 2.00 bits per heavy atom. The molecular weight excluding hydrogens is 338 g/mol. The SMILES string of the molecule is CCOC(=O)c1ncnc(C2=C(N)OC(Cc3ccccc3)O2)c1OC. The maximum Gasteiger partial charge on any atom is 0.360 e. The number of nitrogens with zero attached hydrogens (tertiary/aromatic N) is 2. The summed E-state index contributed by atoms with van der Waals surface area (Å²) in [7, 11) is 1.40. The average molecular weight is 357 g/mol. The zero-order valence-corrected chi connectivity index (χ0v) is 14.5. The van der Waals surface area contributed by atoms with Crippen molar-refractivity contribution in [2.45, 2.75) is 19.6 Å². The van der Waals surface area contributed by atoms with Crippen LogP contribution in [0, 0.1) is 0 Å². The van der Waals surface area contributed by atoms with E-state index >= 15 is 0 Å². The van der Waals surface area contributed by atoms with E-state index in [0.717, 1.165) is 5.56 Å². The number of carbonyl (C=O) groups excluding carboxylic acids is 1. The number of aromatic nitrogens is 2. The second-order valence-corrected chi connectivity index (χ2v) is 5.37. The molecule has 1 unspecified atom stereocenters. The molecule has 1 aliphatic rings. The maximum absolute atomic E-state index is 12.1. The molecule has 0 radical (unpaired) electrons. The van der Waals surface area contributed by atoms with Gasteiger partial charge in [0, 0.05) is 6.42 Å². The van der Waals surface area contributed by atoms with Crippen LogP contribution >= 0.6 is 0 Å². The summed E-state index contributed by atoms with van der Waals surface area (Å²) in [4.78, 5) is 20.1. The van der Waals surface area contributed by atoms with Gasteiger partial charge in [-0.3, -0.25) is 0 Å². The summed E-state index contributed by atoms with van der Waals surface area (Å²) in [6, 6.07) is 9.72. The topological polar surface area (TPSA) is 106 Å². The molecule has 0 fully saturated rings. The molecule has 1 atom stereocenters. The number of methoxy groups -OCH3 is 1. The Bertz CT molecular complexity index is 823. The van der Waals surface area contributed by atoms with Crippen LogP contribution in [-0.4, -0.2) is 35.9 Å². The number of carbonyl (C=O) groups is 1. The largest absolute Gasteiger partial charge is 0.492 e. The Balaban J connectivity index is 1.85. The summed E-state index contributed by atoms with van der Waals surface area (Å²) in [6.07, 6.45) is 1.12. The Morgan fingerprint density at radius 3 is 2.69 bits per heavy atom. The summed E-state index contributed by atoms with van der Waals surface area (Å²) < 4.78 is 21.7. The van der Waals surface area contributed by atoms with Gasteiger partial charge in [0.1, 0.15) is 6.33 Å². The second-order valence-electron chi connectivity index (χ2n) is 5.37. The van der Waals surface area contributed by atoms with Crippen LogP contribution in [0.1, 0.15) is 28.7 Å². The molecule has 1 aromatic heterocycles. The maximum atomic E-state index is 12.1. The molecule has 0 saturated carbocycles. The fourth-order valence-corrected chi connectivity index (χ4v) is 2.54. The van der Waals surface area contributed by atoms with Gasteiger partial charge in [0.15, 0.2) is 17.1 Å². The van der Waals surface area contributed by atoms with Gasteiger partial charge in [-0.05, 0) is 12.5 Å². The second kappa shape index (κ2) is 7.73. The van der Waals surface area contributed by atoms with Gasteiger partial charge in [-0.15, -0.1) is 0 Å². The molecule has 1 aromatic carbocycles. The minimum Gasteiger partial charge on any atom is -0.492 e. The molecule has 2 heterocycles. The lowest BCUT2D eigenvalue weighted by Crippen LogP contribution is -2.14. The standard InChI is InChI=1S/C18H19N3O5/c1-3-24-18(22)14-15(23-2)13(20-10-21-14)16-17(19)26-12(25-16)9-11-7-5-4-6-8-11/h4-8,10,12H,3,9,19H2,1-2H3. The Kier molecular flexibility index (Phi) is 5.21. The molecule has 1 aliphatic heterocycles. The molecule has 0 aliphatic carbocycles. The number of ether oxygens (including phenoxy) is 4. The minimum absolute atomic E-state index is 0.00485. The van der Waals surface area contributed by atoms with E-state index in [0.29, 0.717) is 6.42 Å². The number of rotatable bonds is 6. The van der Waals surface area contributed by atoms with Crippen LogP contribution in [0.5, 0.6) is 5.75 Å². The number of benzene rings is 1. The lowest BCUT2D eigenvalue weighted by Gasteiger charge is -2.13. The molecule has 0 bridgehead atoms. The third-order valence-corrected chi connectivity index (χ3v) is 3.67. The van der Waals surface area contributed by atoms with Gasteiger partial charge in [0.2, 0.25) is 17.9 Å². The highest BCUT2D eigenvalue weighted by Gasteiger charge is 2.32. The average Bonchev–Trinajstić information content (AvgIpc) is 3.02. The predicted molar refractivity (Wildman–Crippen MR) is 91.8 cm³/mol. The van der Waals surface area contributed by atoms with Gasteiger partial charge in [0.05, 0.1) is 13.7 Å². The third kappa shape index (κ3) is 3.53. The van der Waals surface area contributed by atoms with Gasteiger partial charge in [-0.2, -0.15) is 0 Å². The van der Waals surface area contributed by atoms with Crippen LogP contribution in [-0.2, 0) is 20.6 Å². The number of esters is 1. The van der Waals surface area contributed by atoms with E-state index in [1.54, 1.807) is 6.92 Å². The summed E-state index contributed by atoms with van der Waals surface area (Å²) in [5, 5.41) is 0. The minimum atomic E-state index is -0.619. The fourth-order valence-electron chi connectivity index (χ4n) is 2.54. The van der Waals surface area contributed by atoms with Crippen LogP contribution in [0.15, 0.2) is 42.5 Å². The van der Waals surface area contributed by atoms with E-state index in [9.17, 15) is 4.79 Å².